The highest BCUT2D eigenvalue weighted by molar-refractivity contribution is 5.88. The Labute approximate surface area is 221 Å². The Kier molecular flexibility index (Phi) is 5.67. The number of aromatic amines is 2. The van der Waals surface area contributed by atoms with E-state index in [1.807, 2.05) is 6.08 Å². The van der Waals surface area contributed by atoms with Crippen molar-refractivity contribution in [1.82, 2.24) is 24.8 Å². The summed E-state index contributed by atoms with van der Waals surface area (Å²) in [6, 6.07) is 21.2. The van der Waals surface area contributed by atoms with Gasteiger partial charge in [-0.05, 0) is 110 Å². The summed E-state index contributed by atoms with van der Waals surface area (Å²) in [6.07, 6.45) is 10.7. The van der Waals surface area contributed by atoms with Gasteiger partial charge in [-0.1, -0.05) is 6.07 Å². The summed E-state index contributed by atoms with van der Waals surface area (Å²) in [5, 5.41) is 0. The molecule has 3 aliphatic rings. The van der Waals surface area contributed by atoms with E-state index in [9.17, 15) is 0 Å². The number of aromatic nitrogens is 4. The van der Waals surface area contributed by atoms with E-state index in [-0.39, 0.29) is 0 Å². The van der Waals surface area contributed by atoms with Gasteiger partial charge in [-0.25, -0.2) is 9.97 Å². The summed E-state index contributed by atoms with van der Waals surface area (Å²) in [6.45, 7) is 3.20. The van der Waals surface area contributed by atoms with Gasteiger partial charge >= 0.3 is 0 Å². The third kappa shape index (κ3) is 4.55. The first-order valence-electron chi connectivity index (χ1n) is 13.2. The van der Waals surface area contributed by atoms with Gasteiger partial charge in [0.15, 0.2) is 0 Å². The van der Waals surface area contributed by atoms with E-state index < -0.39 is 0 Å². The Morgan fingerprint density at radius 2 is 1.34 bits per heavy atom. The Balaban J connectivity index is 1.42. The molecular weight excluding hydrogens is 470 g/mol. The molecule has 188 valence electrons. The Morgan fingerprint density at radius 3 is 2.00 bits per heavy atom. The number of benzene rings is 1. The molecule has 0 saturated carbocycles. The fourth-order valence-electron chi connectivity index (χ4n) is 5.51. The van der Waals surface area contributed by atoms with Crippen molar-refractivity contribution in [3.05, 3.63) is 89.0 Å². The summed E-state index contributed by atoms with van der Waals surface area (Å²) >= 11 is 0. The number of rotatable bonds is 4. The van der Waals surface area contributed by atoms with Crippen molar-refractivity contribution in [2.24, 2.45) is 0 Å². The van der Waals surface area contributed by atoms with Crippen LogP contribution < -0.4 is 4.74 Å². The maximum atomic E-state index is 5.73. The summed E-state index contributed by atoms with van der Waals surface area (Å²) in [5.41, 5.74) is 11.2. The minimum Gasteiger partial charge on any atom is -0.496 e. The molecule has 1 fully saturated rings. The molecular formula is C32H29N5O. The fourth-order valence-corrected chi connectivity index (χ4v) is 5.51. The molecule has 0 aliphatic carbocycles. The van der Waals surface area contributed by atoms with E-state index in [1.54, 1.807) is 7.11 Å². The molecule has 6 heterocycles. The SMILES string of the molecule is COc1ccc(-c2cc3cc4nc(cc5ccc(cc6nc(cc2[nH]3)C=C6)[nH]5)C=C4)cc1CN1CCCC1. The molecule has 0 spiro atoms. The van der Waals surface area contributed by atoms with E-state index in [2.05, 4.69) is 93.8 Å². The van der Waals surface area contributed by atoms with Crippen LogP contribution in [0, 0.1) is 0 Å². The molecule has 0 amide bonds. The lowest BCUT2D eigenvalue weighted by Crippen LogP contribution is -2.18. The summed E-state index contributed by atoms with van der Waals surface area (Å²) < 4.78 is 5.73. The lowest BCUT2D eigenvalue weighted by atomic mass is 10.0. The highest BCUT2D eigenvalue weighted by atomic mass is 16.5. The van der Waals surface area contributed by atoms with Gasteiger partial charge in [0.1, 0.15) is 5.75 Å². The molecule has 2 N–H and O–H groups in total. The molecule has 1 saturated heterocycles. The summed E-state index contributed by atoms with van der Waals surface area (Å²) in [7, 11) is 1.75. The standard InChI is InChI=1S/C32H29N5O/c1-38-32-11-4-21(14-22(32)20-37-12-2-3-13-37)30-18-29-17-27-8-7-25(34-27)15-23-5-6-24(33-23)16-26-9-10-28(35-26)19-31(30)36-29/h4-11,14-19,33,36H,2-3,12-13,20H2,1H3. The zero-order chi connectivity index (χ0) is 25.5. The fraction of sp³-hybridized carbons (Fsp3) is 0.188. The van der Waals surface area contributed by atoms with Gasteiger partial charge in [-0.15, -0.1) is 0 Å². The van der Waals surface area contributed by atoms with Gasteiger partial charge in [-0.3, -0.25) is 4.90 Å². The van der Waals surface area contributed by atoms with Gasteiger partial charge in [-0.2, -0.15) is 0 Å². The Hall–Kier alpha value is -4.42. The predicted molar refractivity (Wildman–Crippen MR) is 155 cm³/mol. The number of fused-ring (bicyclic) bond motifs is 8. The second-order valence-corrected chi connectivity index (χ2v) is 10.1. The average molecular weight is 500 g/mol. The maximum Gasteiger partial charge on any atom is 0.123 e. The molecule has 6 nitrogen and oxygen atoms in total. The van der Waals surface area contributed by atoms with Gasteiger partial charge in [0.2, 0.25) is 0 Å². The topological polar surface area (TPSA) is 69.8 Å². The highest BCUT2D eigenvalue weighted by Gasteiger charge is 2.16. The largest absolute Gasteiger partial charge is 0.496 e. The number of nitrogens with zero attached hydrogens (tertiary/aromatic N) is 3. The first-order chi connectivity index (χ1) is 18.7. The minimum absolute atomic E-state index is 0.903. The third-order valence-electron chi connectivity index (χ3n) is 7.35. The highest BCUT2D eigenvalue weighted by Crippen LogP contribution is 2.32. The number of H-pyrrole nitrogens is 2. The van der Waals surface area contributed by atoms with Crippen molar-refractivity contribution in [2.75, 3.05) is 20.2 Å². The first-order valence-corrected chi connectivity index (χ1v) is 13.2. The van der Waals surface area contributed by atoms with E-state index in [0.717, 1.165) is 81.4 Å². The van der Waals surface area contributed by atoms with Crippen molar-refractivity contribution in [3.8, 4) is 16.9 Å². The van der Waals surface area contributed by atoms with Crippen molar-refractivity contribution in [3.63, 3.8) is 0 Å². The van der Waals surface area contributed by atoms with Crippen LogP contribution in [0.2, 0.25) is 0 Å². The van der Waals surface area contributed by atoms with Crippen molar-refractivity contribution in [1.29, 1.82) is 0 Å². The van der Waals surface area contributed by atoms with Crippen LogP contribution >= 0.6 is 0 Å². The average Bonchev–Trinajstić information content (AvgIpc) is 3.74. The van der Waals surface area contributed by atoms with E-state index >= 15 is 0 Å². The number of nitrogens with one attached hydrogen (secondary N) is 2. The Morgan fingerprint density at radius 1 is 0.711 bits per heavy atom. The molecule has 0 unspecified atom stereocenters. The van der Waals surface area contributed by atoms with Crippen LogP contribution in [-0.2, 0) is 6.54 Å². The summed E-state index contributed by atoms with van der Waals surface area (Å²) in [4.78, 5) is 19.2. The van der Waals surface area contributed by atoms with Crippen LogP contribution in [0.15, 0.2) is 60.7 Å². The van der Waals surface area contributed by atoms with Crippen LogP contribution in [0.4, 0.5) is 0 Å². The maximum absolute atomic E-state index is 5.73. The molecule has 0 atom stereocenters. The Bertz CT molecular complexity index is 1750. The molecule has 6 heteroatoms. The van der Waals surface area contributed by atoms with E-state index in [0.29, 0.717) is 0 Å². The monoisotopic (exact) mass is 499 g/mol. The lowest BCUT2D eigenvalue weighted by molar-refractivity contribution is 0.321. The molecule has 3 aliphatic heterocycles. The number of hydrogen-bond donors (Lipinski definition) is 2. The predicted octanol–water partition coefficient (Wildman–Crippen LogP) is 6.93. The number of methoxy groups -OCH3 is 1. The smallest absolute Gasteiger partial charge is 0.123 e. The second-order valence-electron chi connectivity index (χ2n) is 10.1. The number of likely N-dealkylation sites (tertiary alicyclic amines) is 1. The minimum atomic E-state index is 0.903. The molecule has 4 aromatic rings. The second kappa shape index (κ2) is 9.47. The zero-order valence-electron chi connectivity index (χ0n) is 21.4. The van der Waals surface area contributed by atoms with Gasteiger partial charge < -0.3 is 14.7 Å². The van der Waals surface area contributed by atoms with Gasteiger partial charge in [0.05, 0.1) is 29.9 Å². The normalized spacial score (nSPS) is 14.9. The molecule has 38 heavy (non-hydrogen) atoms. The number of hydrogen-bond acceptors (Lipinski definition) is 4. The molecule has 0 radical (unpaired) electrons. The van der Waals surface area contributed by atoms with E-state index in [1.165, 1.54) is 18.4 Å². The molecule has 7 rings (SSSR count). The molecule has 3 aromatic heterocycles. The van der Waals surface area contributed by atoms with Crippen LogP contribution in [0.1, 0.15) is 41.2 Å². The number of ether oxygens (including phenoxy) is 1. The first kappa shape index (κ1) is 22.8. The summed E-state index contributed by atoms with van der Waals surface area (Å²) in [5.74, 6) is 0.939. The van der Waals surface area contributed by atoms with Crippen LogP contribution in [0.5, 0.6) is 5.75 Å². The van der Waals surface area contributed by atoms with Gasteiger partial charge in [0.25, 0.3) is 0 Å². The lowest BCUT2D eigenvalue weighted by Gasteiger charge is -2.17. The molecule has 8 bridgehead atoms. The van der Waals surface area contributed by atoms with Crippen LogP contribution in [0.3, 0.4) is 0 Å². The molecule has 1 aromatic carbocycles. The van der Waals surface area contributed by atoms with E-state index in [4.69, 9.17) is 14.7 Å². The van der Waals surface area contributed by atoms with Crippen LogP contribution in [0.25, 0.3) is 57.5 Å². The quantitative estimate of drug-likeness (QED) is 0.276. The third-order valence-corrected chi connectivity index (χ3v) is 7.35. The zero-order valence-corrected chi connectivity index (χ0v) is 21.4. The van der Waals surface area contributed by atoms with Crippen LogP contribution in [-0.4, -0.2) is 45.0 Å². The van der Waals surface area contributed by atoms with Crippen molar-refractivity contribution >= 4 is 46.4 Å². The van der Waals surface area contributed by atoms with Gasteiger partial charge in [0, 0.05) is 39.7 Å². The van der Waals surface area contributed by atoms with Crippen molar-refractivity contribution in [2.45, 2.75) is 19.4 Å². The van der Waals surface area contributed by atoms with Crippen molar-refractivity contribution < 1.29 is 4.74 Å².